The number of anilines is 1. The highest BCUT2D eigenvalue weighted by atomic mass is 19.1. The van der Waals surface area contributed by atoms with E-state index in [1.165, 1.54) is 12.1 Å². The number of hydrogen-bond donors (Lipinski definition) is 2. The summed E-state index contributed by atoms with van der Waals surface area (Å²) in [5, 5.41) is 3.29. The van der Waals surface area contributed by atoms with Gasteiger partial charge in [0.2, 0.25) is 5.91 Å². The largest absolute Gasteiger partial charge is 0.369 e. The maximum atomic E-state index is 13.0. The first kappa shape index (κ1) is 17.6. The molecule has 3 N–H and O–H groups in total. The Labute approximate surface area is 151 Å². The fourth-order valence-electron chi connectivity index (χ4n) is 2.66. The summed E-state index contributed by atoms with van der Waals surface area (Å²) in [5.41, 5.74) is 8.73. The van der Waals surface area contributed by atoms with Gasteiger partial charge in [0.05, 0.1) is 0 Å². The summed E-state index contributed by atoms with van der Waals surface area (Å²) < 4.78 is 13.0. The van der Waals surface area contributed by atoms with Gasteiger partial charge in [-0.05, 0) is 53.4 Å². The molecular weight excluding hydrogens is 329 g/mol. The van der Waals surface area contributed by atoms with E-state index in [1.54, 1.807) is 30.5 Å². The van der Waals surface area contributed by atoms with Crippen molar-refractivity contribution in [3.8, 4) is 11.1 Å². The third kappa shape index (κ3) is 4.25. The molecule has 0 radical (unpaired) electrons. The lowest BCUT2D eigenvalue weighted by molar-refractivity contribution is 0.100. The van der Waals surface area contributed by atoms with Crippen molar-refractivity contribution >= 4 is 11.7 Å². The number of aromatic nitrogens is 1. The van der Waals surface area contributed by atoms with Crippen molar-refractivity contribution < 1.29 is 9.18 Å². The second-order valence-corrected chi connectivity index (χ2v) is 6.21. The van der Waals surface area contributed by atoms with Gasteiger partial charge in [0, 0.05) is 23.9 Å². The molecule has 1 amide bonds. The van der Waals surface area contributed by atoms with Crippen LogP contribution < -0.4 is 11.1 Å². The average molecular weight is 349 g/mol. The molecule has 0 bridgehead atoms. The number of rotatable bonds is 6. The Morgan fingerprint density at radius 2 is 1.69 bits per heavy atom. The maximum absolute atomic E-state index is 13.0. The van der Waals surface area contributed by atoms with Crippen LogP contribution in [0.3, 0.4) is 0 Å². The van der Waals surface area contributed by atoms with Crippen LogP contribution in [0.4, 0.5) is 10.2 Å². The number of carbonyl (C=O) groups excluding carboxylic acids is 1. The molecule has 0 fully saturated rings. The summed E-state index contributed by atoms with van der Waals surface area (Å²) in [7, 11) is 0. The van der Waals surface area contributed by atoms with Crippen LogP contribution in [0.25, 0.3) is 11.1 Å². The minimum atomic E-state index is -0.440. The van der Waals surface area contributed by atoms with Crippen LogP contribution in [-0.4, -0.2) is 17.4 Å². The zero-order valence-corrected chi connectivity index (χ0v) is 14.4. The number of carbonyl (C=O) groups is 1. The molecule has 0 saturated carbocycles. The Hall–Kier alpha value is -3.21. The molecule has 132 valence electrons. The molecule has 1 heterocycles. The van der Waals surface area contributed by atoms with Crippen LogP contribution in [0.1, 0.15) is 28.8 Å². The highest BCUT2D eigenvalue weighted by Gasteiger charge is 2.07. The molecule has 0 unspecified atom stereocenters. The Balaban J connectivity index is 1.62. The van der Waals surface area contributed by atoms with Crippen molar-refractivity contribution in [2.75, 3.05) is 11.9 Å². The lowest BCUT2D eigenvalue weighted by Crippen LogP contribution is -2.11. The highest BCUT2D eigenvalue weighted by Crippen LogP contribution is 2.21. The fraction of sp³-hybridized carbons (Fsp3) is 0.143. The zero-order chi connectivity index (χ0) is 18.5. The normalized spacial score (nSPS) is 11.8. The molecule has 4 nitrogen and oxygen atoms in total. The summed E-state index contributed by atoms with van der Waals surface area (Å²) in [5.74, 6) is 0.342. The van der Waals surface area contributed by atoms with E-state index in [9.17, 15) is 9.18 Å². The lowest BCUT2D eigenvalue weighted by Gasteiger charge is -2.14. The zero-order valence-electron chi connectivity index (χ0n) is 14.4. The van der Waals surface area contributed by atoms with Gasteiger partial charge in [0.15, 0.2) is 0 Å². The number of nitrogens with zero attached hydrogens (tertiary/aromatic N) is 1. The van der Waals surface area contributed by atoms with Gasteiger partial charge in [-0.25, -0.2) is 9.37 Å². The van der Waals surface area contributed by atoms with E-state index >= 15 is 0 Å². The van der Waals surface area contributed by atoms with Gasteiger partial charge < -0.3 is 11.1 Å². The SMILES string of the molecule is C[C@H](CNc1ccc(-c2ccc(C(N)=O)cc2)cn1)c1ccc(F)cc1. The first-order chi connectivity index (χ1) is 12.5. The molecule has 3 aromatic rings. The molecular formula is C21H20FN3O. The fourth-order valence-corrected chi connectivity index (χ4v) is 2.66. The lowest BCUT2D eigenvalue weighted by atomic mass is 10.0. The monoisotopic (exact) mass is 349 g/mol. The second-order valence-electron chi connectivity index (χ2n) is 6.21. The Morgan fingerprint density at radius 1 is 1.04 bits per heavy atom. The molecule has 5 heteroatoms. The van der Waals surface area contributed by atoms with Crippen LogP contribution in [0.5, 0.6) is 0 Å². The maximum Gasteiger partial charge on any atom is 0.248 e. The van der Waals surface area contributed by atoms with Gasteiger partial charge in [-0.2, -0.15) is 0 Å². The summed E-state index contributed by atoms with van der Waals surface area (Å²) in [6.45, 7) is 2.78. The molecule has 1 aromatic heterocycles. The van der Waals surface area contributed by atoms with Gasteiger partial charge in [0.25, 0.3) is 0 Å². The molecule has 26 heavy (non-hydrogen) atoms. The molecule has 0 aliphatic rings. The van der Waals surface area contributed by atoms with Crippen molar-refractivity contribution in [1.29, 1.82) is 0 Å². The summed E-state index contributed by atoms with van der Waals surface area (Å²) >= 11 is 0. The highest BCUT2D eigenvalue weighted by molar-refractivity contribution is 5.93. The molecule has 0 saturated heterocycles. The number of primary amides is 1. The minimum absolute atomic E-state index is 0.227. The van der Waals surface area contributed by atoms with E-state index in [1.807, 2.05) is 24.3 Å². The third-order valence-corrected chi connectivity index (χ3v) is 4.29. The van der Waals surface area contributed by atoms with Crippen LogP contribution >= 0.6 is 0 Å². The number of amides is 1. The van der Waals surface area contributed by atoms with Crippen molar-refractivity contribution in [1.82, 2.24) is 4.98 Å². The number of halogens is 1. The van der Waals surface area contributed by atoms with Crippen LogP contribution in [0.2, 0.25) is 0 Å². The molecule has 2 aromatic carbocycles. The number of benzene rings is 2. The van der Waals surface area contributed by atoms with Crippen LogP contribution in [0.15, 0.2) is 66.9 Å². The van der Waals surface area contributed by atoms with E-state index in [4.69, 9.17) is 5.73 Å². The number of hydrogen-bond acceptors (Lipinski definition) is 3. The van der Waals surface area contributed by atoms with Crippen molar-refractivity contribution in [2.24, 2.45) is 5.73 Å². The van der Waals surface area contributed by atoms with E-state index in [-0.39, 0.29) is 11.7 Å². The molecule has 0 aliphatic carbocycles. The smallest absolute Gasteiger partial charge is 0.248 e. The molecule has 3 rings (SSSR count). The summed E-state index contributed by atoms with van der Waals surface area (Å²) in [6.07, 6.45) is 1.78. The Bertz CT molecular complexity index is 875. The average Bonchev–Trinajstić information content (AvgIpc) is 2.67. The molecule has 0 aliphatic heterocycles. The predicted octanol–water partition coefficient (Wildman–Crippen LogP) is 4.20. The summed E-state index contributed by atoms with van der Waals surface area (Å²) in [6, 6.07) is 17.5. The van der Waals surface area contributed by atoms with Gasteiger partial charge in [-0.1, -0.05) is 31.2 Å². The van der Waals surface area contributed by atoms with E-state index in [2.05, 4.69) is 17.2 Å². The van der Waals surface area contributed by atoms with Gasteiger partial charge in [-0.15, -0.1) is 0 Å². The number of pyridine rings is 1. The first-order valence-electron chi connectivity index (χ1n) is 8.38. The number of nitrogens with one attached hydrogen (secondary N) is 1. The van der Waals surface area contributed by atoms with Gasteiger partial charge in [0.1, 0.15) is 11.6 Å². The number of nitrogens with two attached hydrogens (primary N) is 1. The quantitative estimate of drug-likeness (QED) is 0.701. The second kappa shape index (κ2) is 7.78. The van der Waals surface area contributed by atoms with Crippen molar-refractivity contribution in [3.63, 3.8) is 0 Å². The molecule has 0 spiro atoms. The Morgan fingerprint density at radius 3 is 2.27 bits per heavy atom. The van der Waals surface area contributed by atoms with Gasteiger partial charge >= 0.3 is 0 Å². The van der Waals surface area contributed by atoms with Crippen molar-refractivity contribution in [2.45, 2.75) is 12.8 Å². The molecule has 1 atom stereocenters. The predicted molar refractivity (Wildman–Crippen MR) is 101 cm³/mol. The Kier molecular flexibility index (Phi) is 5.27. The third-order valence-electron chi connectivity index (χ3n) is 4.29. The topological polar surface area (TPSA) is 68.0 Å². The minimum Gasteiger partial charge on any atom is -0.369 e. The standard InChI is InChI=1S/C21H20FN3O/c1-14(15-6-9-19(22)10-7-15)12-24-20-11-8-18(13-25-20)16-2-4-17(5-3-16)21(23)26/h2-11,13-14H,12H2,1H3,(H2,23,26)(H,24,25)/t14-/m1/s1. The van der Waals surface area contributed by atoms with Crippen molar-refractivity contribution in [3.05, 3.63) is 83.8 Å². The first-order valence-corrected chi connectivity index (χ1v) is 8.38. The van der Waals surface area contributed by atoms with E-state index in [0.717, 1.165) is 22.5 Å². The van der Waals surface area contributed by atoms with E-state index in [0.29, 0.717) is 12.1 Å². The van der Waals surface area contributed by atoms with E-state index < -0.39 is 5.91 Å². The van der Waals surface area contributed by atoms with Crippen LogP contribution in [0, 0.1) is 5.82 Å². The van der Waals surface area contributed by atoms with Crippen LogP contribution in [-0.2, 0) is 0 Å². The van der Waals surface area contributed by atoms with Gasteiger partial charge in [-0.3, -0.25) is 4.79 Å². The summed E-state index contributed by atoms with van der Waals surface area (Å²) in [4.78, 5) is 15.6.